The number of rotatable bonds is 8. The minimum atomic E-state index is 0.624. The third-order valence-corrected chi connectivity index (χ3v) is 5.22. The SMILES string of the molecule is COCCn1c(Cc2ccccc2)nnc1SCc1ccccc1Cl. The molecule has 0 aliphatic carbocycles. The van der Waals surface area contributed by atoms with Crippen LogP contribution in [0.4, 0.5) is 0 Å². The zero-order valence-corrected chi connectivity index (χ0v) is 15.6. The van der Waals surface area contributed by atoms with Gasteiger partial charge in [0.1, 0.15) is 5.82 Å². The highest BCUT2D eigenvalue weighted by Gasteiger charge is 2.13. The number of hydrogen-bond acceptors (Lipinski definition) is 4. The zero-order valence-electron chi connectivity index (χ0n) is 14.1. The summed E-state index contributed by atoms with van der Waals surface area (Å²) in [5.41, 5.74) is 2.32. The largest absolute Gasteiger partial charge is 0.383 e. The maximum absolute atomic E-state index is 6.25. The number of methoxy groups -OCH3 is 1. The van der Waals surface area contributed by atoms with Gasteiger partial charge in [-0.05, 0) is 17.2 Å². The third-order valence-electron chi connectivity index (χ3n) is 3.83. The van der Waals surface area contributed by atoms with Gasteiger partial charge in [0.2, 0.25) is 0 Å². The van der Waals surface area contributed by atoms with E-state index in [-0.39, 0.29) is 0 Å². The Balaban J connectivity index is 1.77. The first-order valence-corrected chi connectivity index (χ1v) is 9.45. The number of aromatic nitrogens is 3. The van der Waals surface area contributed by atoms with Crippen molar-refractivity contribution in [2.45, 2.75) is 23.9 Å². The summed E-state index contributed by atoms with van der Waals surface area (Å²) in [5, 5.41) is 10.5. The van der Waals surface area contributed by atoms with Gasteiger partial charge < -0.3 is 9.30 Å². The lowest BCUT2D eigenvalue weighted by atomic mass is 10.1. The van der Waals surface area contributed by atoms with Crippen LogP contribution in [0.3, 0.4) is 0 Å². The maximum Gasteiger partial charge on any atom is 0.191 e. The van der Waals surface area contributed by atoms with Crippen molar-refractivity contribution in [3.8, 4) is 0 Å². The molecule has 0 bridgehead atoms. The third kappa shape index (κ3) is 4.84. The van der Waals surface area contributed by atoms with E-state index in [4.69, 9.17) is 16.3 Å². The van der Waals surface area contributed by atoms with Crippen molar-refractivity contribution in [3.05, 3.63) is 76.6 Å². The Morgan fingerprint density at radius 1 is 1.04 bits per heavy atom. The quantitative estimate of drug-likeness (QED) is 0.546. The number of benzene rings is 2. The van der Waals surface area contributed by atoms with E-state index in [1.165, 1.54) is 5.56 Å². The molecule has 0 saturated heterocycles. The maximum atomic E-state index is 6.25. The van der Waals surface area contributed by atoms with Gasteiger partial charge in [0.25, 0.3) is 0 Å². The molecule has 0 fully saturated rings. The Labute approximate surface area is 157 Å². The van der Waals surface area contributed by atoms with Crippen molar-refractivity contribution in [2.75, 3.05) is 13.7 Å². The van der Waals surface area contributed by atoms with E-state index in [1.807, 2.05) is 42.5 Å². The smallest absolute Gasteiger partial charge is 0.191 e. The highest BCUT2D eigenvalue weighted by Crippen LogP contribution is 2.26. The Morgan fingerprint density at radius 3 is 2.56 bits per heavy atom. The molecule has 130 valence electrons. The second kappa shape index (κ2) is 9.04. The van der Waals surface area contributed by atoms with Crippen LogP contribution < -0.4 is 0 Å². The van der Waals surface area contributed by atoms with Crippen molar-refractivity contribution < 1.29 is 4.74 Å². The molecule has 0 atom stereocenters. The van der Waals surface area contributed by atoms with E-state index in [9.17, 15) is 0 Å². The molecule has 3 rings (SSSR count). The van der Waals surface area contributed by atoms with Crippen LogP contribution in [0.1, 0.15) is 17.0 Å². The fraction of sp³-hybridized carbons (Fsp3) is 0.263. The molecular weight excluding hydrogens is 354 g/mol. The summed E-state index contributed by atoms with van der Waals surface area (Å²) in [7, 11) is 1.71. The highest BCUT2D eigenvalue weighted by molar-refractivity contribution is 7.98. The predicted molar refractivity (Wildman–Crippen MR) is 102 cm³/mol. The van der Waals surface area contributed by atoms with E-state index in [1.54, 1.807) is 18.9 Å². The van der Waals surface area contributed by atoms with Gasteiger partial charge in [0.05, 0.1) is 6.61 Å². The van der Waals surface area contributed by atoms with Gasteiger partial charge in [-0.25, -0.2) is 0 Å². The van der Waals surface area contributed by atoms with Crippen molar-refractivity contribution in [1.82, 2.24) is 14.8 Å². The molecule has 0 aliphatic rings. The number of thioether (sulfide) groups is 1. The van der Waals surface area contributed by atoms with E-state index >= 15 is 0 Å². The van der Waals surface area contributed by atoms with Gasteiger partial charge in [-0.15, -0.1) is 10.2 Å². The average molecular weight is 374 g/mol. The minimum Gasteiger partial charge on any atom is -0.383 e. The van der Waals surface area contributed by atoms with Crippen LogP contribution in [0, 0.1) is 0 Å². The van der Waals surface area contributed by atoms with Crippen LogP contribution in [-0.2, 0) is 23.5 Å². The molecule has 0 saturated carbocycles. The summed E-state index contributed by atoms with van der Waals surface area (Å²) in [6.45, 7) is 1.36. The molecule has 0 amide bonds. The fourth-order valence-electron chi connectivity index (χ4n) is 2.50. The first-order chi connectivity index (χ1) is 12.3. The lowest BCUT2D eigenvalue weighted by molar-refractivity contribution is 0.184. The normalized spacial score (nSPS) is 11.0. The van der Waals surface area contributed by atoms with E-state index < -0.39 is 0 Å². The average Bonchev–Trinajstić information content (AvgIpc) is 3.01. The number of hydrogen-bond donors (Lipinski definition) is 0. The van der Waals surface area contributed by atoms with Crippen LogP contribution >= 0.6 is 23.4 Å². The van der Waals surface area contributed by atoms with Gasteiger partial charge in [0.15, 0.2) is 5.16 Å². The molecule has 1 aromatic heterocycles. The molecule has 0 spiro atoms. The Hall–Kier alpha value is -1.82. The first kappa shape index (κ1) is 18.0. The summed E-state index contributed by atoms with van der Waals surface area (Å²) < 4.78 is 7.39. The van der Waals surface area contributed by atoms with Crippen molar-refractivity contribution in [3.63, 3.8) is 0 Å². The fourth-order valence-corrected chi connectivity index (χ4v) is 3.77. The second-order valence-corrected chi connectivity index (χ2v) is 6.94. The molecule has 25 heavy (non-hydrogen) atoms. The van der Waals surface area contributed by atoms with E-state index in [2.05, 4.69) is 26.9 Å². The van der Waals surface area contributed by atoms with Gasteiger partial charge in [-0.1, -0.05) is 71.9 Å². The standard InChI is InChI=1S/C19H20ClN3OS/c1-24-12-11-23-18(13-15-7-3-2-4-8-15)21-22-19(23)25-14-16-9-5-6-10-17(16)20/h2-10H,11-14H2,1H3. The molecular formula is C19H20ClN3OS. The van der Waals surface area contributed by atoms with Gasteiger partial charge in [-0.3, -0.25) is 0 Å². The lowest BCUT2D eigenvalue weighted by Gasteiger charge is -2.10. The summed E-state index contributed by atoms with van der Waals surface area (Å²) in [5.74, 6) is 1.71. The van der Waals surface area contributed by atoms with Crippen LogP contribution in [0.5, 0.6) is 0 Å². The lowest BCUT2D eigenvalue weighted by Crippen LogP contribution is -2.10. The Morgan fingerprint density at radius 2 is 1.80 bits per heavy atom. The van der Waals surface area contributed by atoms with Gasteiger partial charge in [-0.2, -0.15) is 0 Å². The number of ether oxygens (including phenoxy) is 1. The molecule has 0 N–H and O–H groups in total. The number of halogens is 1. The van der Waals surface area contributed by atoms with Crippen LogP contribution in [0.15, 0.2) is 59.8 Å². The summed E-state index contributed by atoms with van der Waals surface area (Å²) in [6.07, 6.45) is 0.754. The van der Waals surface area contributed by atoms with Crippen molar-refractivity contribution in [2.24, 2.45) is 0 Å². The number of nitrogens with zero attached hydrogens (tertiary/aromatic N) is 3. The van der Waals surface area contributed by atoms with Crippen LogP contribution in [0.2, 0.25) is 5.02 Å². The zero-order chi connectivity index (χ0) is 17.5. The second-order valence-electron chi connectivity index (χ2n) is 5.59. The van der Waals surface area contributed by atoms with Crippen molar-refractivity contribution in [1.29, 1.82) is 0 Å². The van der Waals surface area contributed by atoms with Gasteiger partial charge >= 0.3 is 0 Å². The van der Waals surface area contributed by atoms with Crippen molar-refractivity contribution >= 4 is 23.4 Å². The Bertz CT molecular complexity index is 807. The van der Waals surface area contributed by atoms with E-state index in [0.29, 0.717) is 6.61 Å². The molecule has 4 nitrogen and oxygen atoms in total. The Kier molecular flexibility index (Phi) is 6.50. The first-order valence-electron chi connectivity index (χ1n) is 8.09. The minimum absolute atomic E-state index is 0.624. The molecule has 3 aromatic rings. The van der Waals surface area contributed by atoms with Gasteiger partial charge in [0, 0.05) is 30.9 Å². The van der Waals surface area contributed by atoms with Crippen LogP contribution in [-0.4, -0.2) is 28.5 Å². The molecule has 6 heteroatoms. The van der Waals surface area contributed by atoms with Crippen LogP contribution in [0.25, 0.3) is 0 Å². The summed E-state index contributed by atoms with van der Waals surface area (Å²) >= 11 is 7.90. The topological polar surface area (TPSA) is 39.9 Å². The summed E-state index contributed by atoms with van der Waals surface area (Å²) in [6, 6.07) is 18.2. The monoisotopic (exact) mass is 373 g/mol. The molecule has 0 radical (unpaired) electrons. The molecule has 1 heterocycles. The highest BCUT2D eigenvalue weighted by atomic mass is 35.5. The molecule has 0 unspecified atom stereocenters. The van der Waals surface area contributed by atoms with E-state index in [0.717, 1.165) is 40.3 Å². The molecule has 0 aliphatic heterocycles. The molecule has 2 aromatic carbocycles. The predicted octanol–water partition coefficient (Wildman–Crippen LogP) is 4.46. The summed E-state index contributed by atoms with van der Waals surface area (Å²) in [4.78, 5) is 0.